The number of hydrogen-bond donors (Lipinski definition) is 0. The molecule has 1 aromatic heterocycles. The molecule has 0 aliphatic rings. The van der Waals surface area contributed by atoms with Gasteiger partial charge in [-0.05, 0) is 62.0 Å². The van der Waals surface area contributed by atoms with Crippen molar-refractivity contribution in [3.8, 4) is 33.5 Å². The van der Waals surface area contributed by atoms with Gasteiger partial charge in [0.2, 0.25) is 0 Å². The Hall–Kier alpha value is -5.27. The molecule has 0 saturated heterocycles. The standard InChI is InChI=1S/C39H25N/c1-2-12-26(13-3-1)27-14-10-15-28(24-27)29-16-11-17-30(25-29)39-38-34-21-7-5-19-32(34)31-18-4-6-20-33(31)37(38)35-22-8-9-23-36(35)40-39/h1-25H. The van der Waals surface area contributed by atoms with Crippen molar-refractivity contribution >= 4 is 43.2 Å². The van der Waals surface area contributed by atoms with Crippen LogP contribution in [0, 0.1) is 0 Å². The Bertz CT molecular complexity index is 2210. The zero-order valence-electron chi connectivity index (χ0n) is 21.9. The number of para-hydroxylation sites is 1. The molecule has 0 amide bonds. The lowest BCUT2D eigenvalue weighted by molar-refractivity contribution is 1.43. The van der Waals surface area contributed by atoms with Gasteiger partial charge in [-0.3, -0.25) is 0 Å². The van der Waals surface area contributed by atoms with Crippen LogP contribution in [0.3, 0.4) is 0 Å². The molecule has 1 heteroatoms. The molecule has 0 unspecified atom stereocenters. The van der Waals surface area contributed by atoms with Crippen molar-refractivity contribution in [3.63, 3.8) is 0 Å². The van der Waals surface area contributed by atoms with Crippen molar-refractivity contribution in [2.24, 2.45) is 0 Å². The Labute approximate surface area is 233 Å². The van der Waals surface area contributed by atoms with Gasteiger partial charge in [-0.15, -0.1) is 0 Å². The van der Waals surface area contributed by atoms with Crippen LogP contribution < -0.4 is 0 Å². The van der Waals surface area contributed by atoms with Crippen molar-refractivity contribution < 1.29 is 0 Å². The van der Waals surface area contributed by atoms with Crippen LogP contribution in [-0.4, -0.2) is 4.98 Å². The van der Waals surface area contributed by atoms with E-state index < -0.39 is 0 Å². The lowest BCUT2D eigenvalue weighted by atomic mass is 9.89. The molecular formula is C39H25N. The Balaban J connectivity index is 1.43. The Morgan fingerprint density at radius 3 is 1.43 bits per heavy atom. The first-order valence-corrected chi connectivity index (χ1v) is 13.7. The van der Waals surface area contributed by atoms with Gasteiger partial charge in [-0.25, -0.2) is 4.98 Å². The summed E-state index contributed by atoms with van der Waals surface area (Å²) in [5.41, 5.74) is 7.99. The van der Waals surface area contributed by atoms with Crippen LogP contribution in [0.25, 0.3) is 76.7 Å². The van der Waals surface area contributed by atoms with Crippen LogP contribution in [0.5, 0.6) is 0 Å². The minimum atomic E-state index is 1.02. The van der Waals surface area contributed by atoms with E-state index in [9.17, 15) is 0 Å². The fourth-order valence-corrected chi connectivity index (χ4v) is 6.19. The van der Waals surface area contributed by atoms with Crippen LogP contribution in [0.15, 0.2) is 152 Å². The van der Waals surface area contributed by atoms with Gasteiger partial charge in [0.1, 0.15) is 0 Å². The predicted octanol–water partition coefficient (Wildman–Crippen LogP) is 10.7. The monoisotopic (exact) mass is 507 g/mol. The third-order valence-electron chi connectivity index (χ3n) is 8.01. The van der Waals surface area contributed by atoms with E-state index in [2.05, 4.69) is 152 Å². The van der Waals surface area contributed by atoms with Crippen LogP contribution in [0.2, 0.25) is 0 Å². The van der Waals surface area contributed by atoms with Crippen molar-refractivity contribution in [3.05, 3.63) is 152 Å². The molecule has 0 radical (unpaired) electrons. The molecule has 0 fully saturated rings. The normalized spacial score (nSPS) is 11.5. The molecule has 0 N–H and O–H groups in total. The molecule has 1 nitrogen and oxygen atoms in total. The van der Waals surface area contributed by atoms with E-state index in [0.29, 0.717) is 0 Å². The number of hydrogen-bond acceptors (Lipinski definition) is 1. The van der Waals surface area contributed by atoms with Crippen molar-refractivity contribution in [2.75, 3.05) is 0 Å². The van der Waals surface area contributed by atoms with E-state index in [4.69, 9.17) is 4.98 Å². The summed E-state index contributed by atoms with van der Waals surface area (Å²) in [5, 5.41) is 8.71. The highest BCUT2D eigenvalue weighted by Crippen LogP contribution is 2.43. The average Bonchev–Trinajstić information content (AvgIpc) is 3.05. The average molecular weight is 508 g/mol. The summed E-state index contributed by atoms with van der Waals surface area (Å²) < 4.78 is 0. The Morgan fingerprint density at radius 2 is 0.750 bits per heavy atom. The van der Waals surface area contributed by atoms with Crippen LogP contribution in [0.4, 0.5) is 0 Å². The van der Waals surface area contributed by atoms with Gasteiger partial charge in [0, 0.05) is 21.7 Å². The molecule has 0 bridgehead atoms. The zero-order chi connectivity index (χ0) is 26.5. The summed E-state index contributed by atoms with van der Waals surface area (Å²) in [4.78, 5) is 5.33. The molecular weight excluding hydrogens is 482 g/mol. The summed E-state index contributed by atoms with van der Waals surface area (Å²) in [6.45, 7) is 0. The van der Waals surface area contributed by atoms with Crippen molar-refractivity contribution in [1.29, 1.82) is 0 Å². The number of nitrogens with zero attached hydrogens (tertiary/aromatic N) is 1. The summed E-state index contributed by atoms with van der Waals surface area (Å²) >= 11 is 0. The fraction of sp³-hybridized carbons (Fsp3) is 0. The van der Waals surface area contributed by atoms with Gasteiger partial charge in [0.05, 0.1) is 11.2 Å². The molecule has 1 heterocycles. The fourth-order valence-electron chi connectivity index (χ4n) is 6.19. The lowest BCUT2D eigenvalue weighted by Crippen LogP contribution is -1.93. The maximum Gasteiger partial charge on any atom is 0.0794 e. The van der Waals surface area contributed by atoms with E-state index in [1.807, 2.05) is 0 Å². The van der Waals surface area contributed by atoms with Crippen molar-refractivity contribution in [1.82, 2.24) is 4.98 Å². The molecule has 0 spiro atoms. The van der Waals surface area contributed by atoms with Gasteiger partial charge < -0.3 is 0 Å². The lowest BCUT2D eigenvalue weighted by Gasteiger charge is -2.16. The first-order chi connectivity index (χ1) is 19.8. The minimum Gasteiger partial charge on any atom is -0.247 e. The number of rotatable bonds is 3. The number of aromatic nitrogens is 1. The Kier molecular flexibility index (Phi) is 5.21. The maximum absolute atomic E-state index is 5.33. The summed E-state index contributed by atoms with van der Waals surface area (Å²) in [7, 11) is 0. The van der Waals surface area contributed by atoms with Gasteiger partial charge in [0.15, 0.2) is 0 Å². The first kappa shape index (κ1) is 22.7. The second-order valence-electron chi connectivity index (χ2n) is 10.3. The smallest absolute Gasteiger partial charge is 0.0794 e. The van der Waals surface area contributed by atoms with Gasteiger partial charge in [-0.1, -0.05) is 133 Å². The summed E-state index contributed by atoms with van der Waals surface area (Å²) in [6.07, 6.45) is 0. The van der Waals surface area contributed by atoms with Crippen LogP contribution in [-0.2, 0) is 0 Å². The number of pyridine rings is 1. The van der Waals surface area contributed by atoms with E-state index >= 15 is 0 Å². The maximum atomic E-state index is 5.33. The summed E-state index contributed by atoms with van der Waals surface area (Å²) in [5.74, 6) is 0. The number of benzene rings is 7. The highest BCUT2D eigenvalue weighted by Gasteiger charge is 2.17. The van der Waals surface area contributed by atoms with Crippen molar-refractivity contribution in [2.45, 2.75) is 0 Å². The zero-order valence-corrected chi connectivity index (χ0v) is 21.9. The van der Waals surface area contributed by atoms with Gasteiger partial charge >= 0.3 is 0 Å². The molecule has 7 aromatic carbocycles. The second-order valence-corrected chi connectivity index (χ2v) is 10.3. The van der Waals surface area contributed by atoms with E-state index in [1.54, 1.807) is 0 Å². The van der Waals surface area contributed by atoms with E-state index in [1.165, 1.54) is 60.0 Å². The Morgan fingerprint density at radius 1 is 0.300 bits per heavy atom. The molecule has 40 heavy (non-hydrogen) atoms. The minimum absolute atomic E-state index is 1.02. The largest absolute Gasteiger partial charge is 0.247 e. The van der Waals surface area contributed by atoms with Crippen LogP contribution >= 0.6 is 0 Å². The molecule has 0 atom stereocenters. The quantitative estimate of drug-likeness (QED) is 0.217. The molecule has 0 saturated carbocycles. The third-order valence-corrected chi connectivity index (χ3v) is 8.01. The van der Waals surface area contributed by atoms with Crippen LogP contribution in [0.1, 0.15) is 0 Å². The molecule has 8 aromatic rings. The van der Waals surface area contributed by atoms with E-state index in [-0.39, 0.29) is 0 Å². The molecule has 0 aliphatic heterocycles. The molecule has 0 aliphatic carbocycles. The predicted molar refractivity (Wildman–Crippen MR) is 171 cm³/mol. The topological polar surface area (TPSA) is 12.9 Å². The molecule has 186 valence electrons. The number of fused-ring (bicyclic) bond motifs is 8. The van der Waals surface area contributed by atoms with E-state index in [0.717, 1.165) is 16.8 Å². The van der Waals surface area contributed by atoms with Gasteiger partial charge in [0.25, 0.3) is 0 Å². The highest BCUT2D eigenvalue weighted by atomic mass is 14.7. The molecule has 8 rings (SSSR count). The highest BCUT2D eigenvalue weighted by molar-refractivity contribution is 6.33. The SMILES string of the molecule is c1ccc(-c2cccc(-c3cccc(-c4nc5ccccc5c5c6ccccc6c6ccccc6c45)c3)c2)cc1. The van der Waals surface area contributed by atoms with Gasteiger partial charge in [-0.2, -0.15) is 0 Å². The third kappa shape index (κ3) is 3.60. The second kappa shape index (κ2) is 9.18. The summed E-state index contributed by atoms with van der Waals surface area (Å²) in [6, 6.07) is 54.3. The first-order valence-electron chi connectivity index (χ1n) is 13.7.